The second kappa shape index (κ2) is 6.74. The Labute approximate surface area is 141 Å². The Bertz CT molecular complexity index is 871. The van der Waals surface area contributed by atoms with Crippen molar-refractivity contribution in [3.05, 3.63) is 46.8 Å². The van der Waals surface area contributed by atoms with E-state index in [1.165, 1.54) is 7.05 Å². The normalized spacial score (nSPS) is 13.0. The van der Waals surface area contributed by atoms with E-state index in [1.54, 1.807) is 6.92 Å². The van der Waals surface area contributed by atoms with Crippen LogP contribution in [0.1, 0.15) is 34.1 Å². The molecule has 2 rings (SSSR count). The molecule has 24 heavy (non-hydrogen) atoms. The second-order valence-electron chi connectivity index (χ2n) is 5.94. The Morgan fingerprint density at radius 3 is 2.62 bits per heavy atom. The van der Waals surface area contributed by atoms with Crippen LogP contribution in [-0.2, 0) is 23.5 Å². The van der Waals surface area contributed by atoms with Gasteiger partial charge in [-0.15, -0.1) is 0 Å². The fraction of sp³-hybridized carbons (Fsp3) is 0.375. The highest BCUT2D eigenvalue weighted by molar-refractivity contribution is 7.89. The summed E-state index contributed by atoms with van der Waals surface area (Å²) in [4.78, 5) is 10.9. The van der Waals surface area contributed by atoms with Gasteiger partial charge in [-0.2, -0.15) is 5.10 Å². The zero-order valence-corrected chi connectivity index (χ0v) is 14.9. The molecule has 8 heteroatoms. The molecule has 0 saturated carbocycles. The highest BCUT2D eigenvalue weighted by Gasteiger charge is 2.27. The number of hydrogen-bond donors (Lipinski definition) is 2. The van der Waals surface area contributed by atoms with Crippen molar-refractivity contribution in [2.45, 2.75) is 38.1 Å². The van der Waals surface area contributed by atoms with Gasteiger partial charge in [0.25, 0.3) is 0 Å². The summed E-state index contributed by atoms with van der Waals surface area (Å²) in [6.45, 7) is 5.72. The van der Waals surface area contributed by atoms with E-state index in [2.05, 4.69) is 9.82 Å². The number of sulfonamides is 1. The third kappa shape index (κ3) is 3.82. The van der Waals surface area contributed by atoms with Gasteiger partial charge in [-0.1, -0.05) is 23.8 Å². The van der Waals surface area contributed by atoms with E-state index < -0.39 is 22.0 Å². The summed E-state index contributed by atoms with van der Waals surface area (Å²) in [7, 11) is -2.58. The van der Waals surface area contributed by atoms with Gasteiger partial charge in [-0.05, 0) is 38.3 Å². The van der Waals surface area contributed by atoms with E-state index in [0.717, 1.165) is 27.6 Å². The Morgan fingerprint density at radius 1 is 1.38 bits per heavy atom. The highest BCUT2D eigenvalue weighted by atomic mass is 32.2. The molecule has 1 atom stereocenters. The second-order valence-corrected chi connectivity index (χ2v) is 7.62. The molecule has 0 spiro atoms. The van der Waals surface area contributed by atoms with Gasteiger partial charge < -0.3 is 5.11 Å². The number of carboxylic acids is 1. The third-order valence-corrected chi connectivity index (χ3v) is 5.37. The fourth-order valence-corrected chi connectivity index (χ4v) is 4.03. The summed E-state index contributed by atoms with van der Waals surface area (Å²) in [6, 6.07) is 5.61. The van der Waals surface area contributed by atoms with E-state index in [4.69, 9.17) is 0 Å². The van der Waals surface area contributed by atoms with Crippen LogP contribution in [-0.4, -0.2) is 35.3 Å². The van der Waals surface area contributed by atoms with Crippen LogP contribution in [0.4, 0.5) is 0 Å². The first-order valence-electron chi connectivity index (χ1n) is 7.45. The molecule has 0 radical (unpaired) electrons. The van der Waals surface area contributed by atoms with Crippen molar-refractivity contribution in [2.75, 3.05) is 0 Å². The van der Waals surface area contributed by atoms with Gasteiger partial charge in [-0.3, -0.25) is 4.68 Å². The van der Waals surface area contributed by atoms with E-state index in [1.807, 2.05) is 32.0 Å². The summed E-state index contributed by atoms with van der Waals surface area (Å²) in [5.74, 6) is -1.34. The Balaban J connectivity index is 2.21. The topological polar surface area (TPSA) is 101 Å². The number of aromatic carboxylic acids is 1. The molecule has 2 aromatic rings. The molecule has 0 saturated heterocycles. The molecule has 1 heterocycles. The van der Waals surface area contributed by atoms with Crippen LogP contribution in [0.5, 0.6) is 0 Å². The van der Waals surface area contributed by atoms with Crippen molar-refractivity contribution in [3.8, 4) is 0 Å². The lowest BCUT2D eigenvalue weighted by Gasteiger charge is -2.16. The number of carbonyl (C=O) groups is 1. The third-order valence-electron chi connectivity index (χ3n) is 3.78. The maximum Gasteiger partial charge on any atom is 0.355 e. The minimum Gasteiger partial charge on any atom is -0.476 e. The quantitative estimate of drug-likeness (QED) is 0.824. The van der Waals surface area contributed by atoms with E-state index >= 15 is 0 Å². The molecular formula is C16H21N3O4S. The number of nitrogens with zero attached hydrogens (tertiary/aromatic N) is 2. The zero-order chi connectivity index (χ0) is 18.1. The van der Waals surface area contributed by atoms with Gasteiger partial charge >= 0.3 is 5.97 Å². The molecular weight excluding hydrogens is 330 g/mol. The van der Waals surface area contributed by atoms with Crippen LogP contribution in [0.15, 0.2) is 29.3 Å². The van der Waals surface area contributed by atoms with Crippen LogP contribution in [0.2, 0.25) is 0 Å². The van der Waals surface area contributed by atoms with Crippen LogP contribution in [0, 0.1) is 13.8 Å². The molecule has 0 aliphatic carbocycles. The van der Waals surface area contributed by atoms with Gasteiger partial charge in [0.2, 0.25) is 10.0 Å². The summed E-state index contributed by atoms with van der Waals surface area (Å²) in [5.41, 5.74) is 2.92. The van der Waals surface area contributed by atoms with Crippen LogP contribution in [0.3, 0.4) is 0 Å². The Kier molecular flexibility index (Phi) is 5.10. The maximum absolute atomic E-state index is 12.5. The lowest BCUT2D eigenvalue weighted by atomic mass is 10.0. The van der Waals surface area contributed by atoms with Crippen LogP contribution >= 0.6 is 0 Å². The number of carboxylic acid groups (broad SMARTS) is 1. The fourth-order valence-electron chi connectivity index (χ4n) is 2.63. The van der Waals surface area contributed by atoms with Gasteiger partial charge in [-0.25, -0.2) is 17.9 Å². The lowest BCUT2D eigenvalue weighted by Crippen LogP contribution is -2.35. The van der Waals surface area contributed by atoms with E-state index in [9.17, 15) is 18.3 Å². The molecule has 0 fully saturated rings. The summed E-state index contributed by atoms with van der Waals surface area (Å²) >= 11 is 0. The minimum absolute atomic E-state index is 0.329. The predicted octanol–water partition coefficient (Wildman–Crippen LogP) is 1.64. The molecule has 0 amide bonds. The van der Waals surface area contributed by atoms with Crippen molar-refractivity contribution in [3.63, 3.8) is 0 Å². The number of nitrogens with one attached hydrogen (secondary N) is 1. The number of benzene rings is 1. The molecule has 0 aliphatic rings. The van der Waals surface area contributed by atoms with Crippen LogP contribution in [0.25, 0.3) is 0 Å². The van der Waals surface area contributed by atoms with Gasteiger partial charge in [0.1, 0.15) is 4.90 Å². The van der Waals surface area contributed by atoms with Crippen molar-refractivity contribution >= 4 is 16.0 Å². The molecule has 130 valence electrons. The van der Waals surface area contributed by atoms with Crippen molar-refractivity contribution in [1.29, 1.82) is 0 Å². The van der Waals surface area contributed by atoms with E-state index in [-0.39, 0.29) is 10.6 Å². The van der Waals surface area contributed by atoms with Crippen molar-refractivity contribution < 1.29 is 18.3 Å². The number of aromatic nitrogens is 2. The smallest absolute Gasteiger partial charge is 0.355 e. The van der Waals surface area contributed by atoms with Gasteiger partial charge in [0.15, 0.2) is 5.69 Å². The van der Waals surface area contributed by atoms with E-state index in [0.29, 0.717) is 6.42 Å². The standard InChI is InChI=1S/C16H21N3O4S/c1-10-5-6-13(11(2)7-10)8-12(3)18-24(22,23)14-9-17-19(4)15(14)16(20)21/h5-7,9,12,18H,8H2,1-4H3,(H,20,21). The molecule has 1 unspecified atom stereocenters. The predicted molar refractivity (Wildman–Crippen MR) is 89.6 cm³/mol. The average Bonchev–Trinajstić information content (AvgIpc) is 2.84. The largest absolute Gasteiger partial charge is 0.476 e. The first kappa shape index (κ1) is 18.2. The number of aryl methyl sites for hydroxylation is 3. The molecule has 2 N–H and O–H groups in total. The van der Waals surface area contributed by atoms with Crippen LogP contribution < -0.4 is 4.72 Å². The van der Waals surface area contributed by atoms with Crippen molar-refractivity contribution in [1.82, 2.24) is 14.5 Å². The summed E-state index contributed by atoms with van der Waals surface area (Å²) in [6.07, 6.45) is 1.56. The van der Waals surface area contributed by atoms with Crippen molar-refractivity contribution in [2.24, 2.45) is 7.05 Å². The molecule has 0 aliphatic heterocycles. The monoisotopic (exact) mass is 351 g/mol. The molecule has 7 nitrogen and oxygen atoms in total. The average molecular weight is 351 g/mol. The minimum atomic E-state index is -3.97. The van der Waals surface area contributed by atoms with Gasteiger partial charge in [0, 0.05) is 13.1 Å². The number of rotatable bonds is 6. The zero-order valence-electron chi connectivity index (χ0n) is 14.1. The molecule has 1 aromatic heterocycles. The molecule has 1 aromatic carbocycles. The highest BCUT2D eigenvalue weighted by Crippen LogP contribution is 2.17. The summed E-state index contributed by atoms with van der Waals surface area (Å²) < 4.78 is 28.5. The number of hydrogen-bond acceptors (Lipinski definition) is 4. The molecule has 0 bridgehead atoms. The lowest BCUT2D eigenvalue weighted by molar-refractivity contribution is 0.0680. The van der Waals surface area contributed by atoms with Gasteiger partial charge in [0.05, 0.1) is 6.20 Å². The Morgan fingerprint density at radius 2 is 2.04 bits per heavy atom. The first-order chi connectivity index (χ1) is 11.1. The first-order valence-corrected chi connectivity index (χ1v) is 8.94. The maximum atomic E-state index is 12.5. The Hall–Kier alpha value is -2.19. The SMILES string of the molecule is Cc1ccc(CC(C)NS(=O)(=O)c2cnn(C)c2C(=O)O)c(C)c1. The summed E-state index contributed by atoms with van der Waals surface area (Å²) in [5, 5.41) is 12.9.